The third kappa shape index (κ3) is 4.62. The van der Waals surface area contributed by atoms with Crippen molar-refractivity contribution in [1.82, 2.24) is 14.8 Å². The molecule has 0 radical (unpaired) electrons. The second-order valence-electron chi connectivity index (χ2n) is 7.58. The predicted molar refractivity (Wildman–Crippen MR) is 121 cm³/mol. The van der Waals surface area contributed by atoms with Crippen LogP contribution in [0.2, 0.25) is 0 Å². The number of benzene rings is 2. The third-order valence-electron chi connectivity index (χ3n) is 5.48. The SMILES string of the molecule is O=C(COc1ccc2ccccc2c1)N1CCN(Cc2csc(-c3ccco3)n2)CC1. The first kappa shape index (κ1) is 19.8. The van der Waals surface area contributed by atoms with Gasteiger partial charge >= 0.3 is 0 Å². The molecule has 7 heteroatoms. The Bertz CT molecular complexity index is 1160. The maximum atomic E-state index is 12.6. The number of amides is 1. The van der Waals surface area contributed by atoms with E-state index in [2.05, 4.69) is 21.3 Å². The Morgan fingerprint density at radius 1 is 1.03 bits per heavy atom. The summed E-state index contributed by atoms with van der Waals surface area (Å²) in [6, 6.07) is 17.8. The van der Waals surface area contributed by atoms with Crippen molar-refractivity contribution in [3.63, 3.8) is 0 Å². The van der Waals surface area contributed by atoms with Gasteiger partial charge in [0.15, 0.2) is 17.4 Å². The van der Waals surface area contributed by atoms with Crippen LogP contribution in [0.1, 0.15) is 5.69 Å². The van der Waals surface area contributed by atoms with Gasteiger partial charge in [0.2, 0.25) is 0 Å². The Hall–Kier alpha value is -3.16. The number of rotatable bonds is 6. The molecule has 0 aliphatic carbocycles. The van der Waals surface area contributed by atoms with Gasteiger partial charge in [-0.05, 0) is 35.0 Å². The average molecular weight is 434 g/mol. The van der Waals surface area contributed by atoms with E-state index < -0.39 is 0 Å². The summed E-state index contributed by atoms with van der Waals surface area (Å²) in [5, 5.41) is 5.25. The molecule has 31 heavy (non-hydrogen) atoms. The molecular weight excluding hydrogens is 410 g/mol. The Morgan fingerprint density at radius 3 is 2.68 bits per heavy atom. The number of thiazole rings is 1. The summed E-state index contributed by atoms with van der Waals surface area (Å²) in [5.41, 5.74) is 1.04. The monoisotopic (exact) mass is 433 g/mol. The Morgan fingerprint density at radius 2 is 1.87 bits per heavy atom. The highest BCUT2D eigenvalue weighted by Crippen LogP contribution is 2.25. The predicted octanol–water partition coefficient (Wildman–Crippen LogP) is 4.28. The van der Waals surface area contributed by atoms with Crippen molar-refractivity contribution in [3.8, 4) is 16.5 Å². The molecule has 0 bridgehead atoms. The van der Waals surface area contributed by atoms with Crippen molar-refractivity contribution in [2.75, 3.05) is 32.8 Å². The van der Waals surface area contributed by atoms with E-state index in [0.29, 0.717) is 13.1 Å². The van der Waals surface area contributed by atoms with Crippen LogP contribution in [-0.2, 0) is 11.3 Å². The number of fused-ring (bicyclic) bond motifs is 1. The minimum atomic E-state index is 0.0292. The molecule has 1 amide bonds. The van der Waals surface area contributed by atoms with Crippen LogP contribution in [0.15, 0.2) is 70.7 Å². The van der Waals surface area contributed by atoms with Gasteiger partial charge in [-0.3, -0.25) is 9.69 Å². The fraction of sp³-hybridized carbons (Fsp3) is 0.250. The van der Waals surface area contributed by atoms with Gasteiger partial charge in [0, 0.05) is 38.1 Å². The summed E-state index contributed by atoms with van der Waals surface area (Å²) >= 11 is 1.59. The number of hydrogen-bond donors (Lipinski definition) is 0. The van der Waals surface area contributed by atoms with Crippen molar-refractivity contribution < 1.29 is 13.9 Å². The zero-order valence-corrected chi connectivity index (χ0v) is 17.9. The van der Waals surface area contributed by atoms with Crippen molar-refractivity contribution >= 4 is 28.0 Å². The van der Waals surface area contributed by atoms with Crippen LogP contribution in [0.5, 0.6) is 5.75 Å². The largest absolute Gasteiger partial charge is 0.484 e. The first-order chi connectivity index (χ1) is 15.2. The van der Waals surface area contributed by atoms with E-state index >= 15 is 0 Å². The maximum absolute atomic E-state index is 12.6. The van der Waals surface area contributed by atoms with E-state index in [1.165, 1.54) is 0 Å². The van der Waals surface area contributed by atoms with E-state index in [0.717, 1.165) is 52.6 Å². The number of furan rings is 1. The first-order valence-electron chi connectivity index (χ1n) is 10.3. The quantitative estimate of drug-likeness (QED) is 0.454. The van der Waals surface area contributed by atoms with Gasteiger partial charge in [0.05, 0.1) is 12.0 Å². The number of piperazine rings is 1. The van der Waals surface area contributed by atoms with Crippen LogP contribution in [-0.4, -0.2) is 53.5 Å². The van der Waals surface area contributed by atoms with Gasteiger partial charge in [-0.25, -0.2) is 4.98 Å². The van der Waals surface area contributed by atoms with Gasteiger partial charge in [0.25, 0.3) is 5.91 Å². The highest BCUT2D eigenvalue weighted by atomic mass is 32.1. The maximum Gasteiger partial charge on any atom is 0.260 e. The zero-order chi connectivity index (χ0) is 21.0. The molecule has 3 heterocycles. The van der Waals surface area contributed by atoms with E-state index in [-0.39, 0.29) is 12.5 Å². The molecule has 1 aliphatic heterocycles. The molecule has 4 aromatic rings. The lowest BCUT2D eigenvalue weighted by Gasteiger charge is -2.34. The van der Waals surface area contributed by atoms with Crippen LogP contribution in [0.25, 0.3) is 21.5 Å². The molecule has 1 aliphatic rings. The molecule has 0 N–H and O–H groups in total. The molecule has 0 saturated carbocycles. The number of carbonyl (C=O) groups excluding carboxylic acids is 1. The first-order valence-corrected chi connectivity index (χ1v) is 11.2. The van der Waals surface area contributed by atoms with Crippen LogP contribution >= 0.6 is 11.3 Å². The lowest BCUT2D eigenvalue weighted by Crippen LogP contribution is -2.49. The van der Waals surface area contributed by atoms with Crippen LogP contribution in [0.4, 0.5) is 0 Å². The summed E-state index contributed by atoms with van der Waals surface area (Å²) in [4.78, 5) is 21.5. The molecule has 2 aromatic heterocycles. The normalized spacial score (nSPS) is 14.8. The molecule has 1 saturated heterocycles. The Labute approximate surface area is 184 Å². The lowest BCUT2D eigenvalue weighted by molar-refractivity contribution is -0.135. The van der Waals surface area contributed by atoms with Gasteiger partial charge in [-0.15, -0.1) is 11.3 Å². The Kier molecular flexibility index (Phi) is 5.69. The topological polar surface area (TPSA) is 58.8 Å². The van der Waals surface area contributed by atoms with Gasteiger partial charge in [-0.2, -0.15) is 0 Å². The Balaban J connectivity index is 1.10. The fourth-order valence-electron chi connectivity index (χ4n) is 3.77. The molecule has 1 fully saturated rings. The minimum Gasteiger partial charge on any atom is -0.484 e. The second kappa shape index (κ2) is 8.91. The fourth-order valence-corrected chi connectivity index (χ4v) is 4.55. The summed E-state index contributed by atoms with van der Waals surface area (Å²) in [6.07, 6.45) is 1.66. The summed E-state index contributed by atoms with van der Waals surface area (Å²) in [6.45, 7) is 3.92. The van der Waals surface area contributed by atoms with Crippen molar-refractivity contribution in [2.24, 2.45) is 0 Å². The summed E-state index contributed by atoms with van der Waals surface area (Å²) in [5.74, 6) is 1.56. The van der Waals surface area contributed by atoms with Gasteiger partial charge in [-0.1, -0.05) is 30.3 Å². The zero-order valence-electron chi connectivity index (χ0n) is 17.1. The van der Waals surface area contributed by atoms with E-state index in [1.807, 2.05) is 53.4 Å². The van der Waals surface area contributed by atoms with Gasteiger partial charge in [0.1, 0.15) is 5.75 Å². The van der Waals surface area contributed by atoms with Crippen molar-refractivity contribution in [1.29, 1.82) is 0 Å². The van der Waals surface area contributed by atoms with Crippen molar-refractivity contribution in [3.05, 3.63) is 71.9 Å². The van der Waals surface area contributed by atoms with Crippen LogP contribution in [0, 0.1) is 0 Å². The van der Waals surface area contributed by atoms with E-state index in [4.69, 9.17) is 9.15 Å². The highest BCUT2D eigenvalue weighted by Gasteiger charge is 2.22. The molecular formula is C24H23N3O3S. The number of aromatic nitrogens is 1. The molecule has 158 valence electrons. The molecule has 2 aromatic carbocycles. The molecule has 0 spiro atoms. The average Bonchev–Trinajstić information content (AvgIpc) is 3.50. The third-order valence-corrected chi connectivity index (χ3v) is 6.38. The molecule has 0 unspecified atom stereocenters. The highest BCUT2D eigenvalue weighted by molar-refractivity contribution is 7.13. The smallest absolute Gasteiger partial charge is 0.260 e. The van der Waals surface area contributed by atoms with Crippen molar-refractivity contribution in [2.45, 2.75) is 6.54 Å². The van der Waals surface area contributed by atoms with E-state index in [1.54, 1.807) is 17.6 Å². The standard InChI is InChI=1S/C24H23N3O3S/c28-23(16-30-21-8-7-18-4-1-2-5-19(18)14-21)27-11-9-26(10-12-27)15-20-17-31-24(25-20)22-6-3-13-29-22/h1-8,13-14,17H,9-12,15-16H2. The van der Waals surface area contributed by atoms with Crippen LogP contribution in [0.3, 0.4) is 0 Å². The van der Waals surface area contributed by atoms with Gasteiger partial charge < -0.3 is 14.1 Å². The number of ether oxygens (including phenoxy) is 1. The lowest BCUT2D eigenvalue weighted by atomic mass is 10.1. The molecule has 5 rings (SSSR count). The molecule has 6 nitrogen and oxygen atoms in total. The second-order valence-corrected chi connectivity index (χ2v) is 8.43. The number of hydrogen-bond acceptors (Lipinski definition) is 6. The van der Waals surface area contributed by atoms with E-state index in [9.17, 15) is 4.79 Å². The molecule has 0 atom stereocenters. The number of carbonyl (C=O) groups is 1. The summed E-state index contributed by atoms with van der Waals surface area (Å²) < 4.78 is 11.2. The summed E-state index contributed by atoms with van der Waals surface area (Å²) in [7, 11) is 0. The minimum absolute atomic E-state index is 0.0292. The van der Waals surface area contributed by atoms with Crippen LogP contribution < -0.4 is 4.74 Å². The number of nitrogens with zero attached hydrogens (tertiary/aromatic N) is 3.